The van der Waals surface area contributed by atoms with Gasteiger partial charge in [0, 0.05) is 0 Å². The number of carboxylic acid groups (broad SMARTS) is 1. The fraction of sp³-hybridized carbons (Fsp3) is 0.263. The Hall–Kier alpha value is -2.82. The van der Waals surface area contributed by atoms with Gasteiger partial charge in [0.1, 0.15) is 5.75 Å². The van der Waals surface area contributed by atoms with Crippen LogP contribution in [0.4, 0.5) is 0 Å². The van der Waals surface area contributed by atoms with Crippen molar-refractivity contribution in [3.8, 4) is 5.75 Å². The summed E-state index contributed by atoms with van der Waals surface area (Å²) in [5, 5.41) is 11.6. The van der Waals surface area contributed by atoms with E-state index in [0.29, 0.717) is 5.75 Å². The minimum absolute atomic E-state index is 0.0346. The molecule has 0 saturated carbocycles. The molecular formula is C19H19NO4. The number of carboxylic acids is 1. The quantitative estimate of drug-likeness (QED) is 0.856. The second kappa shape index (κ2) is 6.74. The van der Waals surface area contributed by atoms with Crippen LogP contribution in [-0.4, -0.2) is 23.6 Å². The van der Waals surface area contributed by atoms with E-state index in [2.05, 4.69) is 11.4 Å². The zero-order chi connectivity index (χ0) is 17.1. The lowest BCUT2D eigenvalue weighted by Crippen LogP contribution is -2.36. The molecule has 2 unspecified atom stereocenters. The first kappa shape index (κ1) is 16.1. The molecule has 5 nitrogen and oxygen atoms in total. The fourth-order valence-electron chi connectivity index (χ4n) is 2.89. The second-order valence-electron chi connectivity index (χ2n) is 5.94. The number of benzene rings is 2. The van der Waals surface area contributed by atoms with Crippen LogP contribution in [0.3, 0.4) is 0 Å². The molecule has 0 bridgehead atoms. The van der Waals surface area contributed by atoms with Gasteiger partial charge >= 0.3 is 5.97 Å². The number of ether oxygens (including phenoxy) is 1. The molecule has 0 fully saturated rings. The van der Waals surface area contributed by atoms with E-state index in [4.69, 9.17) is 9.84 Å². The third-order valence-electron chi connectivity index (χ3n) is 4.27. The van der Waals surface area contributed by atoms with E-state index in [1.807, 2.05) is 37.3 Å². The molecular weight excluding hydrogens is 306 g/mol. The molecule has 5 heteroatoms. The van der Waals surface area contributed by atoms with Crippen LogP contribution in [0.25, 0.3) is 0 Å². The van der Waals surface area contributed by atoms with Crippen LogP contribution < -0.4 is 10.1 Å². The maximum atomic E-state index is 12.4. The highest BCUT2D eigenvalue weighted by Crippen LogP contribution is 2.35. The van der Waals surface area contributed by atoms with Gasteiger partial charge in [-0.3, -0.25) is 4.79 Å². The number of amides is 1. The highest BCUT2D eigenvalue weighted by Gasteiger charge is 2.32. The van der Waals surface area contributed by atoms with Gasteiger partial charge in [0.15, 0.2) is 6.61 Å². The first-order valence-electron chi connectivity index (χ1n) is 7.87. The molecule has 0 radical (unpaired) electrons. The van der Waals surface area contributed by atoms with Gasteiger partial charge in [-0.2, -0.15) is 0 Å². The van der Waals surface area contributed by atoms with E-state index in [0.717, 1.165) is 17.5 Å². The van der Waals surface area contributed by atoms with Crippen LogP contribution in [0.15, 0.2) is 48.5 Å². The number of rotatable bonds is 6. The number of carbonyl (C=O) groups excluding carboxylic acids is 1. The standard InChI is InChI=1S/C19H19NO4/c1-12(13-6-8-15(9-7-13)24-11-18(21)22)20-19(23)17-10-14-4-2-3-5-16(14)17/h2-9,12,17H,10-11H2,1H3,(H,20,23)(H,21,22). The molecule has 2 atom stereocenters. The van der Waals surface area contributed by atoms with E-state index < -0.39 is 5.97 Å². The normalized spacial score (nSPS) is 16.5. The molecule has 1 amide bonds. The Kier molecular flexibility index (Phi) is 4.51. The molecule has 0 aromatic heterocycles. The SMILES string of the molecule is CC(NC(=O)C1Cc2ccccc21)c1ccc(OCC(=O)O)cc1. The molecule has 2 aromatic rings. The van der Waals surface area contributed by atoms with Gasteiger partial charge in [-0.25, -0.2) is 4.79 Å². The third-order valence-corrected chi connectivity index (χ3v) is 4.27. The van der Waals surface area contributed by atoms with Crippen molar-refractivity contribution in [1.29, 1.82) is 0 Å². The summed E-state index contributed by atoms with van der Waals surface area (Å²) in [5.74, 6) is -0.553. The maximum absolute atomic E-state index is 12.4. The van der Waals surface area contributed by atoms with Crippen LogP contribution in [0.2, 0.25) is 0 Å². The van der Waals surface area contributed by atoms with Crippen molar-refractivity contribution in [2.45, 2.75) is 25.3 Å². The number of hydrogen-bond donors (Lipinski definition) is 2. The molecule has 0 heterocycles. The van der Waals surface area contributed by atoms with Crippen molar-refractivity contribution >= 4 is 11.9 Å². The fourth-order valence-corrected chi connectivity index (χ4v) is 2.89. The Balaban J connectivity index is 1.58. The smallest absolute Gasteiger partial charge is 0.341 e. The second-order valence-corrected chi connectivity index (χ2v) is 5.94. The lowest BCUT2D eigenvalue weighted by atomic mass is 9.77. The first-order chi connectivity index (χ1) is 11.5. The summed E-state index contributed by atoms with van der Waals surface area (Å²) in [4.78, 5) is 22.9. The summed E-state index contributed by atoms with van der Waals surface area (Å²) in [6.45, 7) is 1.56. The van der Waals surface area contributed by atoms with Crippen molar-refractivity contribution < 1.29 is 19.4 Å². The maximum Gasteiger partial charge on any atom is 0.341 e. The average Bonchev–Trinajstić information content (AvgIpc) is 2.54. The zero-order valence-corrected chi connectivity index (χ0v) is 13.4. The minimum Gasteiger partial charge on any atom is -0.482 e. The molecule has 1 aliphatic carbocycles. The average molecular weight is 325 g/mol. The highest BCUT2D eigenvalue weighted by molar-refractivity contribution is 5.87. The number of hydrogen-bond acceptors (Lipinski definition) is 3. The zero-order valence-electron chi connectivity index (χ0n) is 13.4. The van der Waals surface area contributed by atoms with Gasteiger partial charge in [-0.1, -0.05) is 36.4 Å². The van der Waals surface area contributed by atoms with Gasteiger partial charge in [-0.05, 0) is 42.2 Å². The number of nitrogens with one attached hydrogen (secondary N) is 1. The Morgan fingerprint density at radius 2 is 1.92 bits per heavy atom. The lowest BCUT2D eigenvalue weighted by molar-refractivity contribution is -0.139. The molecule has 0 aliphatic heterocycles. The number of carbonyl (C=O) groups is 2. The third kappa shape index (κ3) is 3.40. The highest BCUT2D eigenvalue weighted by atomic mass is 16.5. The minimum atomic E-state index is -1.01. The molecule has 124 valence electrons. The van der Waals surface area contributed by atoms with Crippen molar-refractivity contribution in [3.05, 3.63) is 65.2 Å². The van der Waals surface area contributed by atoms with Crippen molar-refractivity contribution in [2.24, 2.45) is 0 Å². The van der Waals surface area contributed by atoms with Crippen molar-refractivity contribution in [2.75, 3.05) is 6.61 Å². The largest absolute Gasteiger partial charge is 0.482 e. The molecule has 3 rings (SSSR count). The first-order valence-corrected chi connectivity index (χ1v) is 7.87. The van der Waals surface area contributed by atoms with E-state index in [9.17, 15) is 9.59 Å². The summed E-state index contributed by atoms with van der Waals surface area (Å²) < 4.78 is 5.10. The molecule has 0 saturated heterocycles. The number of fused-ring (bicyclic) bond motifs is 1. The predicted octanol–water partition coefficient (Wildman–Crippen LogP) is 2.67. The summed E-state index contributed by atoms with van der Waals surface area (Å²) >= 11 is 0. The molecule has 24 heavy (non-hydrogen) atoms. The Morgan fingerprint density at radius 1 is 1.21 bits per heavy atom. The van der Waals surface area contributed by atoms with Crippen LogP contribution >= 0.6 is 0 Å². The number of aliphatic carboxylic acids is 1. The van der Waals surface area contributed by atoms with Crippen LogP contribution in [0.5, 0.6) is 5.75 Å². The van der Waals surface area contributed by atoms with Gasteiger partial charge in [0.25, 0.3) is 0 Å². The Bertz CT molecular complexity index is 754. The Morgan fingerprint density at radius 3 is 2.58 bits per heavy atom. The Labute approximate surface area is 140 Å². The van der Waals surface area contributed by atoms with Gasteiger partial charge in [0.2, 0.25) is 5.91 Å². The molecule has 2 aromatic carbocycles. The molecule has 2 N–H and O–H groups in total. The van der Waals surface area contributed by atoms with Gasteiger partial charge in [-0.15, -0.1) is 0 Å². The molecule has 0 spiro atoms. The van der Waals surface area contributed by atoms with E-state index in [-0.39, 0.29) is 24.5 Å². The van der Waals surface area contributed by atoms with Crippen LogP contribution in [0.1, 0.15) is 35.6 Å². The lowest BCUT2D eigenvalue weighted by Gasteiger charge is -2.30. The van der Waals surface area contributed by atoms with Crippen molar-refractivity contribution in [3.63, 3.8) is 0 Å². The predicted molar refractivity (Wildman–Crippen MR) is 89.0 cm³/mol. The topological polar surface area (TPSA) is 75.6 Å². The summed E-state index contributed by atoms with van der Waals surface area (Å²) in [6, 6.07) is 15.0. The van der Waals surface area contributed by atoms with Crippen LogP contribution in [0, 0.1) is 0 Å². The van der Waals surface area contributed by atoms with Gasteiger partial charge in [0.05, 0.1) is 12.0 Å². The monoisotopic (exact) mass is 325 g/mol. The van der Waals surface area contributed by atoms with E-state index in [1.165, 1.54) is 5.56 Å². The van der Waals surface area contributed by atoms with Crippen molar-refractivity contribution in [1.82, 2.24) is 5.32 Å². The summed E-state index contributed by atoms with van der Waals surface area (Å²) in [7, 11) is 0. The van der Waals surface area contributed by atoms with Gasteiger partial charge < -0.3 is 15.2 Å². The molecule has 1 aliphatic rings. The van der Waals surface area contributed by atoms with E-state index >= 15 is 0 Å². The van der Waals surface area contributed by atoms with Crippen LogP contribution in [-0.2, 0) is 16.0 Å². The van der Waals surface area contributed by atoms with E-state index in [1.54, 1.807) is 12.1 Å². The summed E-state index contributed by atoms with van der Waals surface area (Å²) in [5.41, 5.74) is 3.29. The summed E-state index contributed by atoms with van der Waals surface area (Å²) in [6.07, 6.45) is 0.788.